The van der Waals surface area contributed by atoms with E-state index in [0.29, 0.717) is 9.13 Å². The molecule has 0 saturated carbocycles. The highest BCUT2D eigenvalue weighted by atomic mass is 127. The van der Waals surface area contributed by atoms with Crippen LogP contribution in [0.1, 0.15) is 15.9 Å². The monoisotopic (exact) mass is 360 g/mol. The van der Waals surface area contributed by atoms with Crippen molar-refractivity contribution >= 4 is 48.3 Å². The Morgan fingerprint density at radius 3 is 2.47 bits per heavy atom. The average molecular weight is 361 g/mol. The van der Waals surface area contributed by atoms with E-state index in [-0.39, 0.29) is 11.3 Å². The molecule has 0 fully saturated rings. The summed E-state index contributed by atoms with van der Waals surface area (Å²) in [5.41, 5.74) is 0.423. The summed E-state index contributed by atoms with van der Waals surface area (Å²) in [6.07, 6.45) is 0. The molecule has 4 nitrogen and oxygen atoms in total. The van der Waals surface area contributed by atoms with Crippen LogP contribution in [0.15, 0.2) is 18.2 Å². The Hall–Kier alpha value is -0.340. The molecule has 82 valence electrons. The Kier molecular flexibility index (Phi) is 3.96. The zero-order chi connectivity index (χ0) is 11.6. The van der Waals surface area contributed by atoms with E-state index in [1.165, 1.54) is 12.1 Å². The van der Waals surface area contributed by atoms with Crippen molar-refractivity contribution in [2.75, 3.05) is 0 Å². The minimum atomic E-state index is -3.66. The summed E-state index contributed by atoms with van der Waals surface area (Å²) in [5, 5.41) is 8.75. The van der Waals surface area contributed by atoms with Gasteiger partial charge in [0.25, 0.3) is 0 Å². The lowest BCUT2D eigenvalue weighted by Gasteiger charge is -2.02. The first-order valence-electron chi connectivity index (χ1n) is 3.73. The van der Waals surface area contributed by atoms with E-state index in [0.717, 1.165) is 0 Å². The highest BCUT2D eigenvalue weighted by molar-refractivity contribution is 14.1. The van der Waals surface area contributed by atoms with Crippen LogP contribution in [-0.4, -0.2) is 19.5 Å². The number of benzene rings is 1. The van der Waals surface area contributed by atoms with Crippen LogP contribution in [0.4, 0.5) is 0 Å². The molecule has 7 heteroatoms. The number of carboxylic acids is 1. The lowest BCUT2D eigenvalue weighted by molar-refractivity contribution is 0.0696. The van der Waals surface area contributed by atoms with Crippen LogP contribution in [0.25, 0.3) is 0 Å². The Morgan fingerprint density at radius 1 is 1.40 bits per heavy atom. The van der Waals surface area contributed by atoms with Gasteiger partial charge in [-0.1, -0.05) is 0 Å². The van der Waals surface area contributed by atoms with E-state index < -0.39 is 15.0 Å². The highest BCUT2D eigenvalue weighted by Gasteiger charge is 2.11. The second kappa shape index (κ2) is 4.67. The fourth-order valence-corrected chi connectivity index (χ4v) is 2.73. The average Bonchev–Trinajstić information content (AvgIpc) is 1.99. The maximum absolute atomic E-state index is 10.8. The predicted molar refractivity (Wildman–Crippen MR) is 64.6 cm³/mol. The second-order valence-corrected chi connectivity index (χ2v) is 6.86. The molecule has 0 aromatic heterocycles. The van der Waals surface area contributed by atoms with Gasteiger partial charge in [-0.25, -0.2) is 13.2 Å². The molecule has 0 atom stereocenters. The summed E-state index contributed by atoms with van der Waals surface area (Å²) in [7, 11) is 1.41. The minimum Gasteiger partial charge on any atom is -0.478 e. The van der Waals surface area contributed by atoms with Gasteiger partial charge < -0.3 is 5.11 Å². The Bertz CT molecular complexity index is 497. The lowest BCUT2D eigenvalue weighted by atomic mass is 10.1. The third-order valence-electron chi connectivity index (χ3n) is 1.54. The van der Waals surface area contributed by atoms with E-state index >= 15 is 0 Å². The highest BCUT2D eigenvalue weighted by Crippen LogP contribution is 2.16. The fourth-order valence-electron chi connectivity index (χ4n) is 1.06. The Labute approximate surface area is 105 Å². The van der Waals surface area contributed by atoms with E-state index in [9.17, 15) is 13.2 Å². The predicted octanol–water partition coefficient (Wildman–Crippen LogP) is 2.06. The topological polar surface area (TPSA) is 71.4 Å². The molecule has 15 heavy (non-hydrogen) atoms. The van der Waals surface area contributed by atoms with Gasteiger partial charge in [0.1, 0.15) is 0 Å². The molecular weight excluding hydrogens is 355 g/mol. The zero-order valence-corrected chi connectivity index (χ0v) is 11.0. The summed E-state index contributed by atoms with van der Waals surface area (Å²) in [6, 6.07) is 4.32. The minimum absolute atomic E-state index is 0.0530. The molecule has 0 saturated heterocycles. The molecule has 0 amide bonds. The van der Waals surface area contributed by atoms with Crippen LogP contribution in [0, 0.1) is 3.57 Å². The largest absolute Gasteiger partial charge is 0.478 e. The summed E-state index contributed by atoms with van der Waals surface area (Å²) < 4.78 is 22.3. The van der Waals surface area contributed by atoms with Crippen molar-refractivity contribution in [2.45, 2.75) is 5.75 Å². The Morgan fingerprint density at radius 2 is 2.00 bits per heavy atom. The number of halogens is 2. The molecule has 1 aromatic carbocycles. The Balaban J connectivity index is 3.15. The molecule has 1 rings (SSSR count). The molecule has 0 aliphatic carbocycles. The molecule has 0 unspecified atom stereocenters. The molecule has 0 aliphatic heterocycles. The zero-order valence-electron chi connectivity index (χ0n) is 7.28. The first-order chi connectivity index (χ1) is 6.78. The summed E-state index contributed by atoms with van der Waals surface area (Å²) in [4.78, 5) is 10.7. The van der Waals surface area contributed by atoms with Crippen LogP contribution >= 0.6 is 33.3 Å². The number of hydrogen-bond acceptors (Lipinski definition) is 3. The maximum Gasteiger partial charge on any atom is 0.335 e. The van der Waals surface area contributed by atoms with Crippen LogP contribution in [0.2, 0.25) is 0 Å². The summed E-state index contributed by atoms with van der Waals surface area (Å²) >= 11 is 1.91. The molecule has 0 bridgehead atoms. The number of hydrogen-bond donors (Lipinski definition) is 1. The molecular formula is C8H6ClIO4S. The first kappa shape index (κ1) is 12.7. The second-order valence-electron chi connectivity index (χ2n) is 2.84. The number of carbonyl (C=O) groups is 1. The van der Waals surface area contributed by atoms with Gasteiger partial charge in [0, 0.05) is 14.3 Å². The SMILES string of the molecule is O=C(O)c1cc(I)cc(CS(=O)(=O)Cl)c1. The van der Waals surface area contributed by atoms with Gasteiger partial charge in [-0.15, -0.1) is 0 Å². The van der Waals surface area contributed by atoms with Gasteiger partial charge >= 0.3 is 5.97 Å². The van der Waals surface area contributed by atoms with Crippen molar-refractivity contribution in [3.05, 3.63) is 32.9 Å². The molecule has 1 aromatic rings. The van der Waals surface area contributed by atoms with Crippen LogP contribution in [0.3, 0.4) is 0 Å². The number of carboxylic acid groups (broad SMARTS) is 1. The van der Waals surface area contributed by atoms with Gasteiger partial charge in [-0.2, -0.15) is 0 Å². The molecule has 1 N–H and O–H groups in total. The van der Waals surface area contributed by atoms with E-state index in [1.807, 2.05) is 22.6 Å². The third-order valence-corrected chi connectivity index (χ3v) is 3.17. The van der Waals surface area contributed by atoms with Crippen molar-refractivity contribution < 1.29 is 18.3 Å². The standard InChI is InChI=1S/C8H6ClIO4S/c9-15(13,14)4-5-1-6(8(11)12)3-7(10)2-5/h1-3H,4H2,(H,11,12). The lowest BCUT2D eigenvalue weighted by Crippen LogP contribution is -2.01. The van der Waals surface area contributed by atoms with Gasteiger partial charge in [-0.3, -0.25) is 0 Å². The smallest absolute Gasteiger partial charge is 0.335 e. The van der Waals surface area contributed by atoms with Crippen LogP contribution < -0.4 is 0 Å². The molecule has 0 spiro atoms. The van der Waals surface area contributed by atoms with Crippen molar-refractivity contribution in [3.8, 4) is 0 Å². The molecule has 0 heterocycles. The number of aromatic carboxylic acids is 1. The number of rotatable bonds is 3. The van der Waals surface area contributed by atoms with Gasteiger partial charge in [0.05, 0.1) is 11.3 Å². The molecule has 0 aliphatic rings. The van der Waals surface area contributed by atoms with Crippen molar-refractivity contribution in [2.24, 2.45) is 0 Å². The quantitative estimate of drug-likeness (QED) is 0.661. The maximum atomic E-state index is 10.8. The van der Waals surface area contributed by atoms with E-state index in [4.69, 9.17) is 15.8 Å². The van der Waals surface area contributed by atoms with Gasteiger partial charge in [-0.05, 0) is 46.4 Å². The first-order valence-corrected chi connectivity index (χ1v) is 7.29. The van der Waals surface area contributed by atoms with Crippen LogP contribution in [0.5, 0.6) is 0 Å². The molecule has 0 radical (unpaired) electrons. The van der Waals surface area contributed by atoms with Gasteiger partial charge in [0.2, 0.25) is 9.05 Å². The van der Waals surface area contributed by atoms with Crippen molar-refractivity contribution in [3.63, 3.8) is 0 Å². The fraction of sp³-hybridized carbons (Fsp3) is 0.125. The van der Waals surface area contributed by atoms with E-state index in [2.05, 4.69) is 0 Å². The normalized spacial score (nSPS) is 11.3. The third kappa shape index (κ3) is 4.35. The van der Waals surface area contributed by atoms with Gasteiger partial charge in [0.15, 0.2) is 0 Å². The van der Waals surface area contributed by atoms with Crippen molar-refractivity contribution in [1.82, 2.24) is 0 Å². The van der Waals surface area contributed by atoms with E-state index in [1.54, 1.807) is 6.07 Å². The van der Waals surface area contributed by atoms with Crippen LogP contribution in [-0.2, 0) is 14.8 Å². The summed E-state index contributed by atoms with van der Waals surface area (Å²) in [6.45, 7) is 0. The van der Waals surface area contributed by atoms with Crippen molar-refractivity contribution in [1.29, 1.82) is 0 Å². The summed E-state index contributed by atoms with van der Waals surface area (Å²) in [5.74, 6) is -1.46.